The lowest BCUT2D eigenvalue weighted by molar-refractivity contribution is 0.601. The smallest absolute Gasteiger partial charge is 0.267 e. The van der Waals surface area contributed by atoms with Gasteiger partial charge in [0.05, 0.1) is 0 Å². The Balaban J connectivity index is 2.28. The van der Waals surface area contributed by atoms with E-state index in [0.717, 1.165) is 4.90 Å². The van der Waals surface area contributed by atoms with Crippen molar-refractivity contribution < 1.29 is 8.42 Å². The molecule has 102 valence electrons. The second-order valence-electron chi connectivity index (χ2n) is 3.89. The Labute approximate surface area is 116 Å². The SMILES string of the molecule is CSc1ccc(NS(=O)(=O)c2cn(C)nc2N)cc1. The van der Waals surface area contributed by atoms with E-state index < -0.39 is 10.0 Å². The van der Waals surface area contributed by atoms with Crippen LogP contribution < -0.4 is 10.5 Å². The molecule has 0 bridgehead atoms. The Morgan fingerprint density at radius 1 is 1.32 bits per heavy atom. The van der Waals surface area contributed by atoms with Crippen molar-refractivity contribution in [2.45, 2.75) is 9.79 Å². The van der Waals surface area contributed by atoms with E-state index in [1.54, 1.807) is 30.9 Å². The maximum absolute atomic E-state index is 12.1. The summed E-state index contributed by atoms with van der Waals surface area (Å²) in [5.41, 5.74) is 6.06. The fraction of sp³-hybridized carbons (Fsp3) is 0.182. The van der Waals surface area contributed by atoms with Crippen LogP contribution in [0.1, 0.15) is 0 Å². The van der Waals surface area contributed by atoms with Gasteiger partial charge in [0.2, 0.25) is 0 Å². The van der Waals surface area contributed by atoms with Gasteiger partial charge in [-0.2, -0.15) is 5.10 Å². The fourth-order valence-corrected chi connectivity index (χ4v) is 3.13. The molecule has 2 aromatic rings. The molecule has 0 saturated heterocycles. The third-order valence-corrected chi connectivity index (χ3v) is 4.60. The van der Waals surface area contributed by atoms with Crippen LogP contribution in [-0.2, 0) is 17.1 Å². The molecule has 0 aliphatic rings. The highest BCUT2D eigenvalue weighted by atomic mass is 32.2. The molecule has 0 unspecified atom stereocenters. The van der Waals surface area contributed by atoms with Crippen LogP contribution in [0.5, 0.6) is 0 Å². The molecular formula is C11H14N4O2S2. The van der Waals surface area contributed by atoms with Crippen LogP contribution >= 0.6 is 11.8 Å². The van der Waals surface area contributed by atoms with E-state index in [9.17, 15) is 8.42 Å². The Kier molecular flexibility index (Phi) is 3.72. The molecule has 1 heterocycles. The van der Waals surface area contributed by atoms with E-state index in [1.165, 1.54) is 10.9 Å². The van der Waals surface area contributed by atoms with E-state index in [0.29, 0.717) is 5.69 Å². The zero-order chi connectivity index (χ0) is 14.0. The summed E-state index contributed by atoms with van der Waals surface area (Å²) in [6.45, 7) is 0. The van der Waals surface area contributed by atoms with Crippen LogP contribution in [0.4, 0.5) is 11.5 Å². The van der Waals surface area contributed by atoms with Crippen molar-refractivity contribution in [3.8, 4) is 0 Å². The Bertz CT molecular complexity index is 677. The van der Waals surface area contributed by atoms with Crippen molar-refractivity contribution in [2.75, 3.05) is 16.7 Å². The highest BCUT2D eigenvalue weighted by molar-refractivity contribution is 7.98. The lowest BCUT2D eigenvalue weighted by atomic mass is 10.3. The normalized spacial score (nSPS) is 11.5. The second-order valence-corrected chi connectivity index (χ2v) is 6.42. The lowest BCUT2D eigenvalue weighted by Gasteiger charge is -2.07. The van der Waals surface area contributed by atoms with Crippen molar-refractivity contribution in [3.05, 3.63) is 30.5 Å². The summed E-state index contributed by atoms with van der Waals surface area (Å²) in [7, 11) is -2.09. The number of benzene rings is 1. The molecule has 0 saturated carbocycles. The molecule has 3 N–H and O–H groups in total. The molecular weight excluding hydrogens is 284 g/mol. The van der Waals surface area contributed by atoms with Gasteiger partial charge in [0, 0.05) is 23.8 Å². The minimum Gasteiger partial charge on any atom is -0.381 e. The Morgan fingerprint density at radius 3 is 2.42 bits per heavy atom. The molecule has 0 aliphatic carbocycles. The van der Waals surface area contributed by atoms with E-state index in [-0.39, 0.29) is 10.7 Å². The number of nitrogen functional groups attached to an aromatic ring is 1. The molecule has 0 aliphatic heterocycles. The highest BCUT2D eigenvalue weighted by Crippen LogP contribution is 2.22. The zero-order valence-corrected chi connectivity index (χ0v) is 12.1. The van der Waals surface area contributed by atoms with Crippen LogP contribution in [0, 0.1) is 0 Å². The average molecular weight is 298 g/mol. The zero-order valence-electron chi connectivity index (χ0n) is 10.5. The number of aromatic nitrogens is 2. The molecule has 1 aromatic carbocycles. The van der Waals surface area contributed by atoms with Crippen LogP contribution in [0.2, 0.25) is 0 Å². The number of anilines is 2. The minimum atomic E-state index is -3.71. The molecule has 6 nitrogen and oxygen atoms in total. The van der Waals surface area contributed by atoms with Gasteiger partial charge in [-0.1, -0.05) is 0 Å². The third-order valence-electron chi connectivity index (χ3n) is 2.45. The van der Waals surface area contributed by atoms with Gasteiger partial charge in [-0.25, -0.2) is 8.42 Å². The highest BCUT2D eigenvalue weighted by Gasteiger charge is 2.20. The number of hydrogen-bond acceptors (Lipinski definition) is 5. The number of nitrogens with two attached hydrogens (primary N) is 1. The fourth-order valence-electron chi connectivity index (χ4n) is 1.56. The molecule has 0 spiro atoms. The van der Waals surface area contributed by atoms with Crippen molar-refractivity contribution >= 4 is 33.3 Å². The predicted molar refractivity (Wildman–Crippen MR) is 76.7 cm³/mol. The first kappa shape index (κ1) is 13.8. The number of nitrogens with zero attached hydrogens (tertiary/aromatic N) is 2. The summed E-state index contributed by atoms with van der Waals surface area (Å²) < 4.78 is 28.1. The van der Waals surface area contributed by atoms with Crippen molar-refractivity contribution in [3.63, 3.8) is 0 Å². The van der Waals surface area contributed by atoms with Crippen LogP contribution in [0.25, 0.3) is 0 Å². The van der Waals surface area contributed by atoms with Crippen LogP contribution in [0.15, 0.2) is 40.3 Å². The van der Waals surface area contributed by atoms with Gasteiger partial charge in [0.1, 0.15) is 4.90 Å². The Morgan fingerprint density at radius 2 is 1.95 bits per heavy atom. The van der Waals surface area contributed by atoms with Gasteiger partial charge in [-0.05, 0) is 30.5 Å². The number of hydrogen-bond donors (Lipinski definition) is 2. The predicted octanol–water partition coefficient (Wildman–Crippen LogP) is 1.53. The molecule has 19 heavy (non-hydrogen) atoms. The quantitative estimate of drug-likeness (QED) is 0.835. The second kappa shape index (κ2) is 5.14. The molecule has 1 aromatic heterocycles. The van der Waals surface area contributed by atoms with Crippen LogP contribution in [0.3, 0.4) is 0 Å². The summed E-state index contributed by atoms with van der Waals surface area (Å²) in [5, 5.41) is 3.82. The Hall–Kier alpha value is -1.67. The number of rotatable bonds is 4. The summed E-state index contributed by atoms with van der Waals surface area (Å²) in [6.07, 6.45) is 3.32. The van der Waals surface area contributed by atoms with Crippen molar-refractivity contribution in [1.29, 1.82) is 0 Å². The number of thioether (sulfide) groups is 1. The maximum Gasteiger partial charge on any atom is 0.267 e. The molecule has 0 amide bonds. The monoisotopic (exact) mass is 298 g/mol. The molecule has 2 rings (SSSR count). The molecule has 0 radical (unpaired) electrons. The first-order chi connectivity index (χ1) is 8.92. The first-order valence-corrected chi connectivity index (χ1v) is 8.09. The van der Waals surface area contributed by atoms with E-state index in [2.05, 4.69) is 9.82 Å². The number of nitrogens with one attached hydrogen (secondary N) is 1. The average Bonchev–Trinajstić information content (AvgIpc) is 2.70. The molecule has 0 atom stereocenters. The topological polar surface area (TPSA) is 90.0 Å². The summed E-state index contributed by atoms with van der Waals surface area (Å²) in [5.74, 6) is -0.0178. The largest absolute Gasteiger partial charge is 0.381 e. The van der Waals surface area contributed by atoms with Gasteiger partial charge in [-0.15, -0.1) is 11.8 Å². The molecule has 0 fully saturated rings. The van der Waals surface area contributed by atoms with Gasteiger partial charge in [-0.3, -0.25) is 9.40 Å². The van der Waals surface area contributed by atoms with E-state index in [1.807, 2.05) is 18.4 Å². The van der Waals surface area contributed by atoms with Crippen LogP contribution in [-0.4, -0.2) is 24.5 Å². The van der Waals surface area contributed by atoms with Crippen molar-refractivity contribution in [1.82, 2.24) is 9.78 Å². The lowest BCUT2D eigenvalue weighted by Crippen LogP contribution is -2.13. The minimum absolute atomic E-state index is 0.0178. The standard InChI is InChI=1S/C11H14N4O2S2/c1-15-7-10(11(12)13-15)19(16,17)14-8-3-5-9(18-2)6-4-8/h3-7,14H,1-2H3,(H2,12,13). The van der Waals surface area contributed by atoms with Gasteiger partial charge in [0.25, 0.3) is 10.0 Å². The molecule has 8 heteroatoms. The number of aryl methyl sites for hydroxylation is 1. The van der Waals surface area contributed by atoms with Gasteiger partial charge >= 0.3 is 0 Å². The maximum atomic E-state index is 12.1. The van der Waals surface area contributed by atoms with E-state index in [4.69, 9.17) is 5.73 Å². The summed E-state index contributed by atoms with van der Waals surface area (Å²) in [4.78, 5) is 1.03. The third kappa shape index (κ3) is 3.02. The van der Waals surface area contributed by atoms with Gasteiger partial charge in [0.15, 0.2) is 5.82 Å². The van der Waals surface area contributed by atoms with Crippen molar-refractivity contribution in [2.24, 2.45) is 7.05 Å². The van der Waals surface area contributed by atoms with E-state index >= 15 is 0 Å². The summed E-state index contributed by atoms with van der Waals surface area (Å²) in [6, 6.07) is 7.09. The summed E-state index contributed by atoms with van der Waals surface area (Å²) >= 11 is 1.59. The first-order valence-electron chi connectivity index (χ1n) is 5.38. The number of sulfonamides is 1. The van der Waals surface area contributed by atoms with Gasteiger partial charge < -0.3 is 5.73 Å².